The van der Waals surface area contributed by atoms with E-state index in [9.17, 15) is 19.8 Å². The van der Waals surface area contributed by atoms with Crippen LogP contribution in [0.3, 0.4) is 0 Å². The van der Waals surface area contributed by atoms with Crippen molar-refractivity contribution < 1.29 is 29.3 Å². The minimum atomic E-state index is -0.962. The summed E-state index contributed by atoms with van der Waals surface area (Å²) in [4.78, 5) is 32.8. The van der Waals surface area contributed by atoms with Crippen LogP contribution in [0.2, 0.25) is 0 Å². The van der Waals surface area contributed by atoms with Gasteiger partial charge in [-0.2, -0.15) is 0 Å². The van der Waals surface area contributed by atoms with Crippen molar-refractivity contribution >= 4 is 44.1 Å². The number of hydrogen-bond acceptors (Lipinski definition) is 8. The molecular formula is C28H24N2O6S. The van der Waals surface area contributed by atoms with Gasteiger partial charge >= 0.3 is 5.91 Å². The fourth-order valence-electron chi connectivity index (χ4n) is 4.41. The molecule has 0 radical (unpaired) electrons. The van der Waals surface area contributed by atoms with E-state index in [-0.39, 0.29) is 22.6 Å². The number of hydrogen-bond donors (Lipinski definition) is 2. The molecule has 8 nitrogen and oxygen atoms in total. The molecule has 1 amide bonds. The van der Waals surface area contributed by atoms with Crippen molar-refractivity contribution in [2.24, 2.45) is 0 Å². The third-order valence-electron chi connectivity index (χ3n) is 6.51. The number of ether oxygens (including phenoxy) is 2. The molecule has 37 heavy (non-hydrogen) atoms. The second-order valence-corrected chi connectivity index (χ2v) is 9.74. The van der Waals surface area contributed by atoms with Crippen molar-refractivity contribution in [2.45, 2.75) is 19.9 Å². The van der Waals surface area contributed by atoms with Crippen molar-refractivity contribution in [3.8, 4) is 17.2 Å². The molecule has 9 heteroatoms. The SMILES string of the molecule is COc1ccc(/C(O)=C2\C(=O)C(=O)N(c3nc4cc(C)c(C)cc4s3)C2c2ccc(O)cc2)cc1OC. The number of amides is 1. The lowest BCUT2D eigenvalue weighted by molar-refractivity contribution is -0.132. The van der Waals surface area contributed by atoms with Gasteiger partial charge in [0.05, 0.1) is 36.1 Å². The normalized spacial score (nSPS) is 17.0. The molecule has 188 valence electrons. The first-order valence-corrected chi connectivity index (χ1v) is 12.2. The Kier molecular flexibility index (Phi) is 6.08. The van der Waals surface area contributed by atoms with Gasteiger partial charge in [-0.25, -0.2) is 4.98 Å². The van der Waals surface area contributed by atoms with Crippen LogP contribution in [0.25, 0.3) is 16.0 Å². The number of aliphatic hydroxyl groups is 1. The smallest absolute Gasteiger partial charge is 0.301 e. The highest BCUT2D eigenvalue weighted by molar-refractivity contribution is 7.22. The first-order valence-electron chi connectivity index (χ1n) is 11.4. The summed E-state index contributed by atoms with van der Waals surface area (Å²) in [5, 5.41) is 21.6. The zero-order valence-corrected chi connectivity index (χ0v) is 21.4. The number of carbonyl (C=O) groups is 2. The number of Topliss-reactive ketones (excluding diaryl/α,β-unsaturated/α-hetero) is 1. The standard InChI is InChI=1S/C28H24N2O6S/c1-14-11-19-22(12-15(14)2)37-28(29-19)30-24(16-5-8-18(31)9-6-16)23(26(33)27(30)34)25(32)17-7-10-20(35-3)21(13-17)36-4/h5-13,24,31-32H,1-4H3/b25-23+. The number of aromatic nitrogens is 1. The van der Waals surface area contributed by atoms with Gasteiger partial charge in [0.15, 0.2) is 16.6 Å². The summed E-state index contributed by atoms with van der Waals surface area (Å²) in [6.45, 7) is 3.99. The van der Waals surface area contributed by atoms with Crippen molar-refractivity contribution in [1.82, 2.24) is 4.98 Å². The number of aryl methyl sites for hydroxylation is 2. The molecule has 1 aliphatic rings. The number of anilines is 1. The Morgan fingerprint density at radius 2 is 1.62 bits per heavy atom. The summed E-state index contributed by atoms with van der Waals surface area (Å²) < 4.78 is 11.5. The number of fused-ring (bicyclic) bond motifs is 1. The molecule has 1 fully saturated rings. The van der Waals surface area contributed by atoms with Crippen LogP contribution in [0.15, 0.2) is 60.2 Å². The summed E-state index contributed by atoms with van der Waals surface area (Å²) in [5.41, 5.74) is 3.60. The fourth-order valence-corrected chi connectivity index (χ4v) is 5.48. The van der Waals surface area contributed by atoms with E-state index in [1.165, 1.54) is 42.6 Å². The number of phenols is 1. The molecule has 0 saturated carbocycles. The molecule has 2 heterocycles. The van der Waals surface area contributed by atoms with E-state index in [0.29, 0.717) is 27.7 Å². The van der Waals surface area contributed by atoms with E-state index in [1.54, 1.807) is 30.3 Å². The van der Waals surface area contributed by atoms with E-state index < -0.39 is 17.7 Å². The average Bonchev–Trinajstić information content (AvgIpc) is 3.41. The van der Waals surface area contributed by atoms with Gasteiger partial charge in [-0.05, 0) is 73.0 Å². The van der Waals surface area contributed by atoms with Crippen LogP contribution < -0.4 is 14.4 Å². The maximum atomic E-state index is 13.4. The highest BCUT2D eigenvalue weighted by Gasteiger charge is 2.48. The number of phenolic OH excluding ortho intramolecular Hbond substituents is 1. The number of nitrogens with zero attached hydrogens (tertiary/aromatic N) is 2. The second-order valence-electron chi connectivity index (χ2n) is 8.73. The number of aliphatic hydroxyl groups excluding tert-OH is 1. The molecule has 3 aromatic carbocycles. The lowest BCUT2D eigenvalue weighted by atomic mass is 9.95. The number of thiazole rings is 1. The van der Waals surface area contributed by atoms with E-state index in [0.717, 1.165) is 15.8 Å². The average molecular weight is 517 g/mol. The molecular weight excluding hydrogens is 492 g/mol. The van der Waals surface area contributed by atoms with Gasteiger partial charge in [0, 0.05) is 5.56 Å². The van der Waals surface area contributed by atoms with Gasteiger partial charge in [0.25, 0.3) is 5.78 Å². The predicted molar refractivity (Wildman–Crippen MR) is 142 cm³/mol. The molecule has 1 aromatic heterocycles. The summed E-state index contributed by atoms with van der Waals surface area (Å²) in [6.07, 6.45) is 0. The Balaban J connectivity index is 1.72. The highest BCUT2D eigenvalue weighted by Crippen LogP contribution is 2.45. The fraction of sp³-hybridized carbons (Fsp3) is 0.179. The minimum absolute atomic E-state index is 0.0338. The molecule has 1 unspecified atom stereocenters. The highest BCUT2D eigenvalue weighted by atomic mass is 32.1. The van der Waals surface area contributed by atoms with Crippen molar-refractivity contribution in [2.75, 3.05) is 19.1 Å². The third kappa shape index (κ3) is 4.07. The Morgan fingerprint density at radius 1 is 0.946 bits per heavy atom. The molecule has 1 atom stereocenters. The number of carbonyl (C=O) groups excluding carboxylic acids is 2. The van der Waals surface area contributed by atoms with Crippen molar-refractivity contribution in [1.29, 1.82) is 0 Å². The van der Waals surface area contributed by atoms with Crippen molar-refractivity contribution in [3.63, 3.8) is 0 Å². The van der Waals surface area contributed by atoms with E-state index in [2.05, 4.69) is 4.98 Å². The monoisotopic (exact) mass is 516 g/mol. The van der Waals surface area contributed by atoms with Crippen LogP contribution >= 0.6 is 11.3 Å². The minimum Gasteiger partial charge on any atom is -0.508 e. The maximum absolute atomic E-state index is 13.4. The van der Waals surface area contributed by atoms with Gasteiger partial charge in [-0.1, -0.05) is 23.5 Å². The molecule has 5 rings (SSSR count). The van der Waals surface area contributed by atoms with E-state index in [1.807, 2.05) is 26.0 Å². The zero-order valence-electron chi connectivity index (χ0n) is 20.6. The first kappa shape index (κ1) is 24.3. The van der Waals surface area contributed by atoms with Gasteiger partial charge in [-0.3, -0.25) is 14.5 Å². The molecule has 1 aliphatic heterocycles. The summed E-state index contributed by atoms with van der Waals surface area (Å²) in [5.74, 6) is -1.14. The van der Waals surface area contributed by atoms with Crippen LogP contribution in [-0.2, 0) is 9.59 Å². The zero-order chi connectivity index (χ0) is 26.4. The topological polar surface area (TPSA) is 109 Å². The van der Waals surface area contributed by atoms with Crippen LogP contribution in [0, 0.1) is 13.8 Å². The lowest BCUT2D eigenvalue weighted by Crippen LogP contribution is -2.29. The first-order chi connectivity index (χ1) is 17.7. The summed E-state index contributed by atoms with van der Waals surface area (Å²) >= 11 is 1.30. The lowest BCUT2D eigenvalue weighted by Gasteiger charge is -2.23. The van der Waals surface area contributed by atoms with Crippen LogP contribution in [0.1, 0.15) is 28.3 Å². The summed E-state index contributed by atoms with van der Waals surface area (Å²) in [7, 11) is 2.96. The number of benzene rings is 3. The Labute approximate surface area is 217 Å². The number of aromatic hydroxyl groups is 1. The van der Waals surface area contributed by atoms with Crippen LogP contribution in [0.5, 0.6) is 17.2 Å². The predicted octanol–water partition coefficient (Wildman–Crippen LogP) is 5.26. The maximum Gasteiger partial charge on any atom is 0.301 e. The van der Waals surface area contributed by atoms with Gasteiger partial charge in [0.2, 0.25) is 0 Å². The molecule has 0 spiro atoms. The van der Waals surface area contributed by atoms with Crippen molar-refractivity contribution in [3.05, 3.63) is 82.4 Å². The third-order valence-corrected chi connectivity index (χ3v) is 7.53. The molecule has 0 bridgehead atoms. The quantitative estimate of drug-likeness (QED) is 0.211. The Hall–Kier alpha value is -4.37. The van der Waals surface area contributed by atoms with E-state index >= 15 is 0 Å². The van der Waals surface area contributed by atoms with Gasteiger partial charge in [0.1, 0.15) is 11.5 Å². The van der Waals surface area contributed by atoms with E-state index in [4.69, 9.17) is 9.47 Å². The largest absolute Gasteiger partial charge is 0.508 e. The molecule has 2 N–H and O–H groups in total. The number of ketones is 1. The van der Waals surface area contributed by atoms with Crippen LogP contribution in [0.4, 0.5) is 5.13 Å². The number of methoxy groups -OCH3 is 2. The Morgan fingerprint density at radius 3 is 2.30 bits per heavy atom. The van der Waals surface area contributed by atoms with Gasteiger partial charge < -0.3 is 19.7 Å². The Bertz CT molecular complexity index is 1550. The second kappa shape index (κ2) is 9.25. The molecule has 1 saturated heterocycles. The number of rotatable bonds is 5. The van der Waals surface area contributed by atoms with Crippen LogP contribution in [-0.4, -0.2) is 41.1 Å². The molecule has 0 aliphatic carbocycles. The molecule has 4 aromatic rings. The summed E-state index contributed by atoms with van der Waals surface area (Å²) in [6, 6.07) is 13.9. The van der Waals surface area contributed by atoms with Gasteiger partial charge in [-0.15, -0.1) is 0 Å².